The summed E-state index contributed by atoms with van der Waals surface area (Å²) in [6.07, 6.45) is 3.05. The molecule has 2 aliphatic rings. The Kier molecular flexibility index (Phi) is 6.70. The lowest BCUT2D eigenvalue weighted by Crippen LogP contribution is -2.29. The molecule has 0 bridgehead atoms. The van der Waals surface area contributed by atoms with Crippen molar-refractivity contribution in [3.05, 3.63) is 105 Å². The Morgan fingerprint density at radius 2 is 1.88 bits per heavy atom. The second kappa shape index (κ2) is 9.96. The van der Waals surface area contributed by atoms with Gasteiger partial charge < -0.3 is 24.2 Å². The SMILES string of the molecule is CC1(C)OB(O)c2cc(CCNC(=O)c3ccc(C4=NOC(C)(c5cc(Cl)cc(Cl)c5)C4)n4cccc34)ccc21. The number of halogens is 2. The van der Waals surface area contributed by atoms with Gasteiger partial charge in [-0.15, -0.1) is 0 Å². The van der Waals surface area contributed by atoms with Crippen molar-refractivity contribution in [2.45, 2.75) is 44.8 Å². The topological polar surface area (TPSA) is 84.6 Å². The van der Waals surface area contributed by atoms with E-state index in [2.05, 4.69) is 10.5 Å². The van der Waals surface area contributed by atoms with Crippen molar-refractivity contribution in [3.8, 4) is 0 Å². The molecule has 7 nitrogen and oxygen atoms in total. The maximum absolute atomic E-state index is 13.2. The van der Waals surface area contributed by atoms with E-state index in [0.29, 0.717) is 35.0 Å². The lowest BCUT2D eigenvalue weighted by Gasteiger charge is -2.22. The van der Waals surface area contributed by atoms with Crippen molar-refractivity contribution in [1.82, 2.24) is 9.72 Å². The second-order valence-corrected chi connectivity index (χ2v) is 11.9. The zero-order valence-electron chi connectivity index (χ0n) is 22.4. The third-order valence-corrected chi connectivity index (χ3v) is 8.14. The first-order valence-electron chi connectivity index (χ1n) is 13.1. The molecule has 0 aliphatic carbocycles. The number of rotatable bonds is 6. The molecule has 0 radical (unpaired) electrons. The van der Waals surface area contributed by atoms with Gasteiger partial charge >= 0.3 is 7.12 Å². The molecule has 0 spiro atoms. The first-order chi connectivity index (χ1) is 19.0. The van der Waals surface area contributed by atoms with Crippen LogP contribution in [0, 0.1) is 0 Å². The zero-order chi connectivity index (χ0) is 28.2. The van der Waals surface area contributed by atoms with Crippen molar-refractivity contribution >= 4 is 52.9 Å². The number of hydrogen-bond acceptors (Lipinski definition) is 5. The zero-order valence-corrected chi connectivity index (χ0v) is 23.9. The summed E-state index contributed by atoms with van der Waals surface area (Å²) in [5.74, 6) is -0.163. The fraction of sp³-hybridized carbons (Fsp3) is 0.267. The Labute approximate surface area is 242 Å². The van der Waals surface area contributed by atoms with Crippen LogP contribution in [-0.4, -0.2) is 34.7 Å². The van der Waals surface area contributed by atoms with Gasteiger partial charge in [0.15, 0.2) is 5.60 Å². The summed E-state index contributed by atoms with van der Waals surface area (Å²) >= 11 is 12.5. The van der Waals surface area contributed by atoms with Gasteiger partial charge in [0.2, 0.25) is 0 Å². The van der Waals surface area contributed by atoms with Crippen molar-refractivity contribution in [2.75, 3.05) is 6.54 Å². The Morgan fingerprint density at radius 3 is 2.65 bits per heavy atom. The fourth-order valence-corrected chi connectivity index (χ4v) is 6.12. The number of nitrogens with one attached hydrogen (secondary N) is 1. The van der Waals surface area contributed by atoms with Crippen molar-refractivity contribution in [2.24, 2.45) is 5.16 Å². The summed E-state index contributed by atoms with van der Waals surface area (Å²) in [4.78, 5) is 19.1. The van der Waals surface area contributed by atoms with Crippen molar-refractivity contribution in [1.29, 1.82) is 0 Å². The highest BCUT2D eigenvalue weighted by Crippen LogP contribution is 2.38. The fourth-order valence-electron chi connectivity index (χ4n) is 5.60. The van der Waals surface area contributed by atoms with E-state index >= 15 is 0 Å². The van der Waals surface area contributed by atoms with E-state index in [0.717, 1.165) is 39.1 Å². The number of fused-ring (bicyclic) bond motifs is 2. The summed E-state index contributed by atoms with van der Waals surface area (Å²) in [7, 11) is -0.934. The average Bonchev–Trinajstić information content (AvgIpc) is 3.60. The maximum atomic E-state index is 13.2. The van der Waals surface area contributed by atoms with E-state index in [4.69, 9.17) is 32.7 Å². The molecule has 204 valence electrons. The Balaban J connectivity index is 1.16. The van der Waals surface area contributed by atoms with Gasteiger partial charge in [-0.1, -0.05) is 46.6 Å². The van der Waals surface area contributed by atoms with Crippen LogP contribution in [0.5, 0.6) is 0 Å². The lowest BCUT2D eigenvalue weighted by molar-refractivity contribution is -0.00737. The van der Waals surface area contributed by atoms with Crippen LogP contribution in [0.3, 0.4) is 0 Å². The maximum Gasteiger partial charge on any atom is 0.492 e. The lowest BCUT2D eigenvalue weighted by atomic mass is 9.77. The van der Waals surface area contributed by atoms with E-state index in [9.17, 15) is 9.82 Å². The predicted molar refractivity (Wildman–Crippen MR) is 158 cm³/mol. The first-order valence-corrected chi connectivity index (χ1v) is 13.9. The van der Waals surface area contributed by atoms with Crippen LogP contribution in [0.15, 0.2) is 72.0 Å². The van der Waals surface area contributed by atoms with Gasteiger partial charge in [-0.05, 0) is 86.2 Å². The molecule has 6 rings (SSSR count). The second-order valence-electron chi connectivity index (χ2n) is 11.0. The number of amides is 1. The Morgan fingerprint density at radius 1 is 1.10 bits per heavy atom. The summed E-state index contributed by atoms with van der Waals surface area (Å²) in [5, 5.41) is 18.8. The van der Waals surface area contributed by atoms with Gasteiger partial charge in [-0.3, -0.25) is 4.79 Å². The molecular weight excluding hydrogens is 548 g/mol. The minimum Gasteiger partial charge on any atom is -0.423 e. The van der Waals surface area contributed by atoms with E-state index in [1.807, 2.05) is 86.0 Å². The van der Waals surface area contributed by atoms with Gasteiger partial charge in [-0.25, -0.2) is 0 Å². The van der Waals surface area contributed by atoms with E-state index in [-0.39, 0.29) is 5.91 Å². The highest BCUT2D eigenvalue weighted by Gasteiger charge is 2.40. The molecule has 0 saturated heterocycles. The number of carbonyl (C=O) groups excluding carboxylic acids is 1. The average molecular weight is 576 g/mol. The number of aromatic nitrogens is 1. The normalized spacial score (nSPS) is 19.4. The summed E-state index contributed by atoms with van der Waals surface area (Å²) in [5.41, 5.74) is 5.35. The molecule has 2 N–H and O–H groups in total. The molecule has 4 heterocycles. The van der Waals surface area contributed by atoms with Gasteiger partial charge in [0.05, 0.1) is 22.4 Å². The van der Waals surface area contributed by atoms with Crippen LogP contribution in [0.1, 0.15) is 59.9 Å². The van der Waals surface area contributed by atoms with Crippen LogP contribution in [0.25, 0.3) is 5.52 Å². The predicted octanol–water partition coefficient (Wildman–Crippen LogP) is 5.21. The van der Waals surface area contributed by atoms with E-state index in [1.165, 1.54) is 0 Å². The van der Waals surface area contributed by atoms with Crippen LogP contribution in [0.2, 0.25) is 10.0 Å². The van der Waals surface area contributed by atoms with Gasteiger partial charge in [0.1, 0.15) is 5.71 Å². The number of nitrogens with zero attached hydrogens (tertiary/aromatic N) is 2. The van der Waals surface area contributed by atoms with Crippen LogP contribution >= 0.6 is 23.2 Å². The number of benzene rings is 2. The molecule has 0 fully saturated rings. The smallest absolute Gasteiger partial charge is 0.423 e. The molecule has 4 aromatic rings. The monoisotopic (exact) mass is 575 g/mol. The largest absolute Gasteiger partial charge is 0.492 e. The van der Waals surface area contributed by atoms with E-state index < -0.39 is 18.3 Å². The minimum absolute atomic E-state index is 0.163. The Hall–Kier alpha value is -3.30. The first kappa shape index (κ1) is 26.9. The van der Waals surface area contributed by atoms with Crippen molar-refractivity contribution < 1.29 is 19.3 Å². The molecular formula is C30H28BCl2N3O4. The number of hydrogen-bond donors (Lipinski definition) is 2. The quantitative estimate of drug-likeness (QED) is 0.309. The number of pyridine rings is 1. The van der Waals surface area contributed by atoms with Crippen LogP contribution in [0.4, 0.5) is 0 Å². The van der Waals surface area contributed by atoms with Crippen LogP contribution < -0.4 is 10.8 Å². The third-order valence-electron chi connectivity index (χ3n) is 7.70. The molecule has 40 heavy (non-hydrogen) atoms. The highest BCUT2D eigenvalue weighted by atomic mass is 35.5. The molecule has 1 unspecified atom stereocenters. The molecule has 0 saturated carbocycles. The van der Waals surface area contributed by atoms with Gasteiger partial charge in [0, 0.05) is 34.8 Å². The van der Waals surface area contributed by atoms with E-state index in [1.54, 1.807) is 6.07 Å². The third kappa shape index (κ3) is 4.79. The van der Waals surface area contributed by atoms with Crippen LogP contribution in [-0.2, 0) is 27.1 Å². The molecule has 1 amide bonds. The highest BCUT2D eigenvalue weighted by molar-refractivity contribution is 6.62. The summed E-state index contributed by atoms with van der Waals surface area (Å²) in [6.45, 7) is 6.29. The molecule has 1 atom stereocenters. The van der Waals surface area contributed by atoms with Gasteiger partial charge in [0.25, 0.3) is 5.91 Å². The molecule has 2 aromatic carbocycles. The van der Waals surface area contributed by atoms with Gasteiger partial charge in [-0.2, -0.15) is 0 Å². The summed E-state index contributed by atoms with van der Waals surface area (Å²) in [6, 6.07) is 18.9. The minimum atomic E-state index is -0.934. The summed E-state index contributed by atoms with van der Waals surface area (Å²) < 4.78 is 7.61. The molecule has 2 aliphatic heterocycles. The standard InChI is InChI=1S/C30H28BCl2N3O4/c1-29(2)23-8-6-18(13-24(23)31(38)39-29)10-11-34-28(37)22-7-9-27(36-12-4-5-26(22)36)25-17-30(3,40-35-25)19-14-20(32)16-21(33)15-19/h4-9,12-16,38H,10-11,17H2,1-3H3,(H,34,37). The number of oxime groups is 1. The number of carbonyl (C=O) groups is 1. The molecule has 2 aromatic heterocycles. The Bertz CT molecular complexity index is 1660. The molecule has 10 heteroatoms. The van der Waals surface area contributed by atoms with Crippen molar-refractivity contribution in [3.63, 3.8) is 0 Å².